The van der Waals surface area contributed by atoms with Gasteiger partial charge < -0.3 is 10.4 Å². The lowest BCUT2D eigenvalue weighted by Crippen LogP contribution is -2.28. The molecular weight excluding hydrogens is 222 g/mol. The highest BCUT2D eigenvalue weighted by molar-refractivity contribution is 5.38. The Hall–Kier alpha value is -1.02. The maximum absolute atomic E-state index is 9.56. The van der Waals surface area contributed by atoms with Gasteiger partial charge in [0.1, 0.15) is 5.75 Å². The van der Waals surface area contributed by atoms with E-state index in [0.29, 0.717) is 11.8 Å². The Balaban J connectivity index is 1.68. The van der Waals surface area contributed by atoms with Gasteiger partial charge in [0.05, 0.1) is 0 Å². The molecule has 2 aliphatic carbocycles. The van der Waals surface area contributed by atoms with E-state index in [1.54, 1.807) is 0 Å². The fourth-order valence-corrected chi connectivity index (χ4v) is 3.37. The molecule has 0 spiro atoms. The molecule has 3 atom stereocenters. The van der Waals surface area contributed by atoms with Crippen molar-refractivity contribution in [3.8, 4) is 5.75 Å². The fraction of sp³-hybridized carbons (Fsp3) is 0.625. The number of aryl methyl sites for hydroxylation is 1. The van der Waals surface area contributed by atoms with Gasteiger partial charge in [0.15, 0.2) is 0 Å². The zero-order valence-corrected chi connectivity index (χ0v) is 11.2. The van der Waals surface area contributed by atoms with Gasteiger partial charge in [-0.1, -0.05) is 19.4 Å². The van der Waals surface area contributed by atoms with Crippen LogP contribution in [-0.4, -0.2) is 11.1 Å². The highest BCUT2D eigenvalue weighted by Gasteiger charge is 2.38. The second-order valence-electron chi connectivity index (χ2n) is 5.89. The summed E-state index contributed by atoms with van der Waals surface area (Å²) in [6, 6.07) is 7.14. The van der Waals surface area contributed by atoms with Crippen LogP contribution >= 0.6 is 0 Å². The van der Waals surface area contributed by atoms with Crippen molar-refractivity contribution < 1.29 is 5.11 Å². The normalized spacial score (nSPS) is 29.9. The number of rotatable bonds is 4. The molecule has 0 amide bonds. The lowest BCUT2D eigenvalue weighted by atomic mass is 9.87. The Kier molecular flexibility index (Phi) is 3.29. The molecule has 1 aromatic carbocycles. The highest BCUT2D eigenvalue weighted by atomic mass is 16.3. The largest absolute Gasteiger partial charge is 0.508 e. The standard InChI is InChI=1S/C16H23NO/c1-2-4-12-10-16(12)17-15-6-3-5-11-9-13(18)7-8-14(11)15/h7-9,12,15-18H,2-6,10H2,1H3. The SMILES string of the molecule is CCCC1CC1NC1CCCc2cc(O)ccc21. The summed E-state index contributed by atoms with van der Waals surface area (Å²) in [4.78, 5) is 0. The van der Waals surface area contributed by atoms with Gasteiger partial charge in [-0.15, -0.1) is 0 Å². The second-order valence-corrected chi connectivity index (χ2v) is 5.89. The highest BCUT2D eigenvalue weighted by Crippen LogP contribution is 2.39. The number of hydrogen-bond donors (Lipinski definition) is 2. The average molecular weight is 245 g/mol. The van der Waals surface area contributed by atoms with E-state index in [-0.39, 0.29) is 0 Å². The van der Waals surface area contributed by atoms with Crippen LogP contribution in [0.15, 0.2) is 18.2 Å². The molecule has 1 aromatic rings. The zero-order chi connectivity index (χ0) is 12.5. The summed E-state index contributed by atoms with van der Waals surface area (Å²) < 4.78 is 0. The molecule has 0 aromatic heterocycles. The van der Waals surface area contributed by atoms with E-state index in [0.717, 1.165) is 18.4 Å². The van der Waals surface area contributed by atoms with Gasteiger partial charge in [0.2, 0.25) is 0 Å². The maximum atomic E-state index is 9.56. The lowest BCUT2D eigenvalue weighted by molar-refractivity contribution is 0.436. The van der Waals surface area contributed by atoms with E-state index in [4.69, 9.17) is 0 Å². The smallest absolute Gasteiger partial charge is 0.115 e. The number of fused-ring (bicyclic) bond motifs is 1. The topological polar surface area (TPSA) is 32.3 Å². The molecule has 0 aliphatic heterocycles. The molecule has 18 heavy (non-hydrogen) atoms. The molecule has 0 saturated heterocycles. The summed E-state index contributed by atoms with van der Waals surface area (Å²) in [5, 5.41) is 13.4. The van der Waals surface area contributed by atoms with Crippen molar-refractivity contribution in [1.82, 2.24) is 5.32 Å². The van der Waals surface area contributed by atoms with Crippen molar-refractivity contribution >= 4 is 0 Å². The number of hydrogen-bond acceptors (Lipinski definition) is 2. The first-order chi connectivity index (χ1) is 8.78. The molecule has 0 bridgehead atoms. The van der Waals surface area contributed by atoms with Crippen LogP contribution in [0.3, 0.4) is 0 Å². The van der Waals surface area contributed by atoms with Crippen LogP contribution < -0.4 is 5.32 Å². The lowest BCUT2D eigenvalue weighted by Gasteiger charge is -2.27. The van der Waals surface area contributed by atoms with E-state index in [1.807, 2.05) is 12.1 Å². The van der Waals surface area contributed by atoms with Crippen molar-refractivity contribution in [2.24, 2.45) is 5.92 Å². The van der Waals surface area contributed by atoms with Crippen LogP contribution in [0.25, 0.3) is 0 Å². The second kappa shape index (κ2) is 4.93. The maximum Gasteiger partial charge on any atom is 0.115 e. The molecule has 2 N–H and O–H groups in total. The Morgan fingerprint density at radius 1 is 1.39 bits per heavy atom. The van der Waals surface area contributed by atoms with E-state index < -0.39 is 0 Å². The van der Waals surface area contributed by atoms with Gasteiger partial charge in [-0.2, -0.15) is 0 Å². The minimum absolute atomic E-state index is 0.407. The number of nitrogens with one attached hydrogen (secondary N) is 1. The summed E-state index contributed by atoms with van der Waals surface area (Å²) in [5.74, 6) is 1.32. The number of phenols is 1. The first-order valence-electron chi connectivity index (χ1n) is 7.35. The van der Waals surface area contributed by atoms with Crippen LogP contribution in [0.5, 0.6) is 5.75 Å². The number of phenolic OH excluding ortho intramolecular Hbond substituents is 1. The Morgan fingerprint density at radius 2 is 2.28 bits per heavy atom. The van der Waals surface area contributed by atoms with Crippen LogP contribution in [0.4, 0.5) is 0 Å². The van der Waals surface area contributed by atoms with Crippen LogP contribution in [0.1, 0.15) is 56.2 Å². The van der Waals surface area contributed by atoms with Gasteiger partial charge in [-0.05, 0) is 61.3 Å². The number of benzene rings is 1. The van der Waals surface area contributed by atoms with Crippen molar-refractivity contribution in [1.29, 1.82) is 0 Å². The molecule has 3 unspecified atom stereocenters. The summed E-state index contributed by atoms with van der Waals surface area (Å²) in [6.45, 7) is 2.27. The Labute approximate surface area is 109 Å². The Bertz CT molecular complexity index is 429. The molecule has 1 fully saturated rings. The predicted octanol–water partition coefficient (Wildman–Crippen LogP) is 3.55. The molecule has 3 rings (SSSR count). The summed E-state index contributed by atoms with van der Waals surface area (Å²) >= 11 is 0. The average Bonchev–Trinajstić information content (AvgIpc) is 3.08. The van der Waals surface area contributed by atoms with Gasteiger partial charge in [0.25, 0.3) is 0 Å². The first-order valence-corrected chi connectivity index (χ1v) is 7.35. The van der Waals surface area contributed by atoms with Crippen LogP contribution in [-0.2, 0) is 6.42 Å². The van der Waals surface area contributed by atoms with Crippen molar-refractivity contribution in [3.63, 3.8) is 0 Å². The van der Waals surface area contributed by atoms with Crippen LogP contribution in [0, 0.1) is 5.92 Å². The van der Waals surface area contributed by atoms with Gasteiger partial charge in [-0.25, -0.2) is 0 Å². The third-order valence-electron chi connectivity index (χ3n) is 4.44. The minimum Gasteiger partial charge on any atom is -0.508 e. The molecular formula is C16H23NO. The van der Waals surface area contributed by atoms with Gasteiger partial charge in [0, 0.05) is 12.1 Å². The third kappa shape index (κ3) is 2.39. The molecule has 2 heteroatoms. The summed E-state index contributed by atoms with van der Waals surface area (Å²) in [7, 11) is 0. The van der Waals surface area contributed by atoms with Crippen molar-refractivity contribution in [2.75, 3.05) is 0 Å². The summed E-state index contributed by atoms with van der Waals surface area (Å²) in [6.07, 6.45) is 7.62. The monoisotopic (exact) mass is 245 g/mol. The first kappa shape index (κ1) is 12.0. The van der Waals surface area contributed by atoms with E-state index in [9.17, 15) is 5.11 Å². The minimum atomic E-state index is 0.407. The molecule has 2 aliphatic rings. The predicted molar refractivity (Wildman–Crippen MR) is 73.7 cm³/mol. The molecule has 0 heterocycles. The zero-order valence-electron chi connectivity index (χ0n) is 11.2. The molecule has 1 saturated carbocycles. The van der Waals surface area contributed by atoms with Crippen molar-refractivity contribution in [2.45, 2.75) is 57.5 Å². The van der Waals surface area contributed by atoms with E-state index in [2.05, 4.69) is 18.3 Å². The number of aromatic hydroxyl groups is 1. The van der Waals surface area contributed by atoms with Gasteiger partial charge >= 0.3 is 0 Å². The van der Waals surface area contributed by atoms with Gasteiger partial charge in [-0.3, -0.25) is 0 Å². The van der Waals surface area contributed by atoms with E-state index >= 15 is 0 Å². The fourth-order valence-electron chi connectivity index (χ4n) is 3.37. The molecule has 98 valence electrons. The Morgan fingerprint density at radius 3 is 3.11 bits per heavy atom. The quantitative estimate of drug-likeness (QED) is 0.850. The van der Waals surface area contributed by atoms with E-state index in [1.165, 1.54) is 43.2 Å². The summed E-state index contributed by atoms with van der Waals surface area (Å²) in [5.41, 5.74) is 2.76. The third-order valence-corrected chi connectivity index (χ3v) is 4.44. The molecule has 2 nitrogen and oxygen atoms in total. The molecule has 0 radical (unpaired) electrons. The van der Waals surface area contributed by atoms with Crippen molar-refractivity contribution in [3.05, 3.63) is 29.3 Å². The van der Waals surface area contributed by atoms with Crippen LogP contribution in [0.2, 0.25) is 0 Å².